The van der Waals surface area contributed by atoms with Crippen LogP contribution in [0.5, 0.6) is 0 Å². The summed E-state index contributed by atoms with van der Waals surface area (Å²) in [7, 11) is 1.70. The molecule has 1 aromatic heterocycles. The molecule has 2 nitrogen and oxygen atoms in total. The molecule has 0 N–H and O–H groups in total. The van der Waals surface area contributed by atoms with Crippen LogP contribution in [-0.4, -0.2) is 17.9 Å². The summed E-state index contributed by atoms with van der Waals surface area (Å²) < 4.78 is 14.3. The van der Waals surface area contributed by atoms with Crippen molar-refractivity contribution in [3.63, 3.8) is 0 Å². The van der Waals surface area contributed by atoms with E-state index in [9.17, 15) is 9.18 Å². The Labute approximate surface area is 130 Å². The molecule has 1 unspecified atom stereocenters. The minimum atomic E-state index is -0.509. The van der Waals surface area contributed by atoms with E-state index < -0.39 is 5.82 Å². The van der Waals surface area contributed by atoms with Gasteiger partial charge in [-0.2, -0.15) is 0 Å². The fraction of sp³-hybridized carbons (Fsp3) is 0.267. The molecule has 0 aliphatic carbocycles. The van der Waals surface area contributed by atoms with Crippen LogP contribution in [0.25, 0.3) is 0 Å². The molecule has 1 amide bonds. The molecule has 1 heterocycles. The van der Waals surface area contributed by atoms with Crippen LogP contribution in [0.15, 0.2) is 34.8 Å². The average Bonchev–Trinajstić information content (AvgIpc) is 2.83. The minimum Gasteiger partial charge on any atom is -0.334 e. The summed E-state index contributed by atoms with van der Waals surface area (Å²) in [6.07, 6.45) is 0. The Balaban J connectivity index is 2.29. The second kappa shape index (κ2) is 6.06. The first-order valence-electron chi connectivity index (χ1n) is 6.19. The van der Waals surface area contributed by atoms with Gasteiger partial charge in [0.15, 0.2) is 0 Å². The fourth-order valence-electron chi connectivity index (χ4n) is 1.92. The third-order valence-electron chi connectivity index (χ3n) is 3.25. The lowest BCUT2D eigenvalue weighted by molar-refractivity contribution is 0.0739. The van der Waals surface area contributed by atoms with Gasteiger partial charge in [-0.15, -0.1) is 11.3 Å². The van der Waals surface area contributed by atoms with Gasteiger partial charge in [0.2, 0.25) is 0 Å². The van der Waals surface area contributed by atoms with Gasteiger partial charge in [0.1, 0.15) is 5.82 Å². The van der Waals surface area contributed by atoms with Gasteiger partial charge in [-0.05, 0) is 54.0 Å². The second-order valence-corrected chi connectivity index (χ2v) is 6.81. The van der Waals surface area contributed by atoms with Gasteiger partial charge in [-0.25, -0.2) is 4.39 Å². The lowest BCUT2D eigenvalue weighted by atomic mass is 10.1. The predicted octanol–water partition coefficient (Wildman–Crippen LogP) is 4.79. The van der Waals surface area contributed by atoms with E-state index in [-0.39, 0.29) is 17.5 Å². The van der Waals surface area contributed by atoms with Crippen molar-refractivity contribution in [3.05, 3.63) is 55.9 Å². The van der Waals surface area contributed by atoms with Crippen LogP contribution in [0.3, 0.4) is 0 Å². The number of halogens is 2. The summed E-state index contributed by atoms with van der Waals surface area (Å²) in [5, 5.41) is 0. The number of hydrogen-bond donors (Lipinski definition) is 0. The highest BCUT2D eigenvalue weighted by Crippen LogP contribution is 2.29. The van der Waals surface area contributed by atoms with Gasteiger partial charge in [0, 0.05) is 21.3 Å². The summed E-state index contributed by atoms with van der Waals surface area (Å²) in [6, 6.07) is 8.48. The maximum atomic E-state index is 13.9. The molecule has 1 aromatic carbocycles. The standard InChI is InChI=1S/C15H15BrFNOS/c1-9-7-8-13(20-9)10(2)18(3)15(19)14-11(16)5-4-6-12(14)17/h4-8,10H,1-3H3. The van der Waals surface area contributed by atoms with E-state index in [2.05, 4.69) is 15.9 Å². The summed E-state index contributed by atoms with van der Waals surface area (Å²) in [4.78, 5) is 16.3. The number of rotatable bonds is 3. The number of nitrogens with zero attached hydrogens (tertiary/aromatic N) is 1. The van der Waals surface area contributed by atoms with Crippen LogP contribution < -0.4 is 0 Å². The highest BCUT2D eigenvalue weighted by Gasteiger charge is 2.24. The maximum Gasteiger partial charge on any atom is 0.258 e. The first-order valence-corrected chi connectivity index (χ1v) is 7.80. The monoisotopic (exact) mass is 355 g/mol. The molecule has 106 valence electrons. The zero-order valence-electron chi connectivity index (χ0n) is 11.5. The average molecular weight is 356 g/mol. The first-order chi connectivity index (χ1) is 9.41. The molecule has 0 aliphatic heterocycles. The number of carbonyl (C=O) groups is 1. The smallest absolute Gasteiger partial charge is 0.258 e. The van der Waals surface area contributed by atoms with Crippen molar-refractivity contribution < 1.29 is 9.18 Å². The first kappa shape index (κ1) is 15.2. The fourth-order valence-corrected chi connectivity index (χ4v) is 3.41. The Morgan fingerprint density at radius 1 is 1.35 bits per heavy atom. The summed E-state index contributed by atoms with van der Waals surface area (Å²) in [5.41, 5.74) is 0.0788. The quantitative estimate of drug-likeness (QED) is 0.774. The Morgan fingerprint density at radius 2 is 2.05 bits per heavy atom. The SMILES string of the molecule is Cc1ccc(C(C)N(C)C(=O)c2c(F)cccc2Br)s1. The molecule has 0 spiro atoms. The Bertz CT molecular complexity index is 620. The molecular weight excluding hydrogens is 341 g/mol. The van der Waals surface area contributed by atoms with Gasteiger partial charge in [0.05, 0.1) is 11.6 Å². The van der Waals surface area contributed by atoms with Crippen LogP contribution in [0, 0.1) is 12.7 Å². The normalized spacial score (nSPS) is 12.2. The lowest BCUT2D eigenvalue weighted by Crippen LogP contribution is -2.30. The molecule has 0 radical (unpaired) electrons. The third kappa shape index (κ3) is 2.94. The number of benzene rings is 1. The molecule has 2 rings (SSSR count). The number of thiophene rings is 1. The highest BCUT2D eigenvalue weighted by molar-refractivity contribution is 9.10. The summed E-state index contributed by atoms with van der Waals surface area (Å²) >= 11 is 4.89. The van der Waals surface area contributed by atoms with Gasteiger partial charge in [0.25, 0.3) is 5.91 Å². The van der Waals surface area contributed by atoms with E-state index in [4.69, 9.17) is 0 Å². The topological polar surface area (TPSA) is 20.3 Å². The number of amides is 1. The van der Waals surface area contributed by atoms with Gasteiger partial charge in [-0.3, -0.25) is 4.79 Å². The largest absolute Gasteiger partial charge is 0.334 e. The minimum absolute atomic E-state index is 0.0788. The molecule has 0 saturated carbocycles. The van der Waals surface area contributed by atoms with E-state index in [0.29, 0.717) is 4.47 Å². The van der Waals surface area contributed by atoms with Crippen molar-refractivity contribution in [2.75, 3.05) is 7.05 Å². The van der Waals surface area contributed by atoms with Gasteiger partial charge >= 0.3 is 0 Å². The summed E-state index contributed by atoms with van der Waals surface area (Å²) in [5.74, 6) is -0.834. The molecule has 0 fully saturated rings. The molecular formula is C15H15BrFNOS. The Hall–Kier alpha value is -1.20. The van der Waals surface area contributed by atoms with E-state index in [1.54, 1.807) is 35.4 Å². The highest BCUT2D eigenvalue weighted by atomic mass is 79.9. The van der Waals surface area contributed by atoms with Crippen LogP contribution >= 0.6 is 27.3 Å². The molecule has 1 atom stereocenters. The number of aryl methyl sites for hydroxylation is 1. The summed E-state index contributed by atoms with van der Waals surface area (Å²) in [6.45, 7) is 3.97. The van der Waals surface area contributed by atoms with E-state index in [1.165, 1.54) is 10.9 Å². The zero-order valence-corrected chi connectivity index (χ0v) is 13.9. The van der Waals surface area contributed by atoms with Crippen molar-refractivity contribution >= 4 is 33.2 Å². The molecule has 0 saturated heterocycles. The van der Waals surface area contributed by atoms with Crippen molar-refractivity contribution in [3.8, 4) is 0 Å². The van der Waals surface area contributed by atoms with Crippen molar-refractivity contribution in [2.45, 2.75) is 19.9 Å². The molecule has 5 heteroatoms. The lowest BCUT2D eigenvalue weighted by Gasteiger charge is -2.24. The zero-order chi connectivity index (χ0) is 14.9. The second-order valence-electron chi connectivity index (χ2n) is 4.64. The number of carbonyl (C=O) groups excluding carboxylic acids is 1. The maximum absolute atomic E-state index is 13.9. The number of hydrogen-bond acceptors (Lipinski definition) is 2. The van der Waals surface area contributed by atoms with E-state index in [0.717, 1.165) is 4.88 Å². The van der Waals surface area contributed by atoms with Crippen LogP contribution in [0.4, 0.5) is 4.39 Å². The van der Waals surface area contributed by atoms with Crippen LogP contribution in [0.2, 0.25) is 0 Å². The van der Waals surface area contributed by atoms with E-state index >= 15 is 0 Å². The van der Waals surface area contributed by atoms with Crippen molar-refractivity contribution in [1.82, 2.24) is 4.90 Å². The Morgan fingerprint density at radius 3 is 2.60 bits per heavy atom. The van der Waals surface area contributed by atoms with Crippen molar-refractivity contribution in [1.29, 1.82) is 0 Å². The van der Waals surface area contributed by atoms with Gasteiger partial charge < -0.3 is 4.90 Å². The molecule has 2 aromatic rings. The molecule has 0 bridgehead atoms. The van der Waals surface area contributed by atoms with Crippen LogP contribution in [-0.2, 0) is 0 Å². The van der Waals surface area contributed by atoms with Crippen LogP contribution in [0.1, 0.15) is 33.1 Å². The predicted molar refractivity (Wildman–Crippen MR) is 83.7 cm³/mol. The van der Waals surface area contributed by atoms with E-state index in [1.807, 2.05) is 26.0 Å². The molecule has 20 heavy (non-hydrogen) atoms. The third-order valence-corrected chi connectivity index (χ3v) is 5.08. The molecule has 0 aliphatic rings. The van der Waals surface area contributed by atoms with Gasteiger partial charge in [-0.1, -0.05) is 6.07 Å². The Kier molecular flexibility index (Phi) is 4.60. The van der Waals surface area contributed by atoms with Crippen molar-refractivity contribution in [2.24, 2.45) is 0 Å².